The summed E-state index contributed by atoms with van der Waals surface area (Å²) in [7, 11) is -2.09. The highest BCUT2D eigenvalue weighted by Gasteiger charge is 2.47. The first-order chi connectivity index (χ1) is 10.7. The van der Waals surface area contributed by atoms with Gasteiger partial charge in [0.25, 0.3) is 0 Å². The molecule has 2 amide bonds. The molecule has 136 valence electrons. The number of carbonyl (C=O) groups excluding carboxylic acids is 2. The Morgan fingerprint density at radius 3 is 2.08 bits per heavy atom. The second-order valence-corrected chi connectivity index (χ2v) is 14.3. The molecule has 0 spiro atoms. The Kier molecular flexibility index (Phi) is 7.51. The zero-order valence-electron chi connectivity index (χ0n) is 16.5. The normalized spacial score (nSPS) is 13.6. The van der Waals surface area contributed by atoms with Crippen LogP contribution in [0.25, 0.3) is 0 Å². The van der Waals surface area contributed by atoms with E-state index in [-0.39, 0.29) is 23.0 Å². The van der Waals surface area contributed by atoms with E-state index in [1.165, 1.54) is 6.08 Å². The van der Waals surface area contributed by atoms with Crippen LogP contribution in [0.2, 0.25) is 23.7 Å². The van der Waals surface area contributed by atoms with Crippen molar-refractivity contribution in [2.45, 2.75) is 77.2 Å². The van der Waals surface area contributed by atoms with Gasteiger partial charge in [-0.15, -0.1) is 18.9 Å². The second kappa shape index (κ2) is 8.02. The number of terminal acetylenes is 1. The van der Waals surface area contributed by atoms with Crippen molar-refractivity contribution in [3.63, 3.8) is 0 Å². The molecule has 4 nitrogen and oxygen atoms in total. The Bertz CT molecular complexity index is 518. The number of carbonyl (C=O) groups is 2. The van der Waals surface area contributed by atoms with E-state index in [1.807, 2.05) is 0 Å². The van der Waals surface area contributed by atoms with E-state index in [1.54, 1.807) is 20.8 Å². The van der Waals surface area contributed by atoms with Crippen LogP contribution in [0.4, 0.5) is 4.79 Å². The average Bonchev–Trinajstić information content (AvgIpc) is 2.37. The van der Waals surface area contributed by atoms with E-state index >= 15 is 0 Å². The van der Waals surface area contributed by atoms with Crippen molar-refractivity contribution in [1.82, 2.24) is 4.90 Å². The molecule has 0 saturated heterocycles. The molecule has 0 aliphatic heterocycles. The Balaban J connectivity index is 5.76. The molecule has 0 radical (unpaired) electrons. The predicted molar refractivity (Wildman–Crippen MR) is 103 cm³/mol. The third-order valence-electron chi connectivity index (χ3n) is 4.62. The van der Waals surface area contributed by atoms with Gasteiger partial charge in [-0.05, 0) is 25.8 Å². The summed E-state index contributed by atoms with van der Waals surface area (Å²) in [5.74, 6) is 2.36. The fourth-order valence-corrected chi connectivity index (χ4v) is 4.63. The molecule has 0 rings (SSSR count). The summed E-state index contributed by atoms with van der Waals surface area (Å²) in [4.78, 5) is 26.8. The quantitative estimate of drug-likeness (QED) is 0.404. The lowest BCUT2D eigenvalue weighted by Gasteiger charge is -2.43. The van der Waals surface area contributed by atoms with Gasteiger partial charge < -0.3 is 4.74 Å². The van der Waals surface area contributed by atoms with E-state index in [4.69, 9.17) is 11.2 Å². The Hall–Kier alpha value is -1.54. The van der Waals surface area contributed by atoms with Gasteiger partial charge in [0.05, 0.1) is 8.07 Å². The minimum atomic E-state index is -2.09. The van der Waals surface area contributed by atoms with Gasteiger partial charge in [-0.1, -0.05) is 39.9 Å². The SMILES string of the molecule is C#CCC(C(=O)N(CC=C)C(=O)OC(C)(C)C)[Si](C)(C)C(C)(C)C. The third kappa shape index (κ3) is 5.83. The summed E-state index contributed by atoms with van der Waals surface area (Å²) in [6.07, 6.45) is 6.73. The molecular formula is C19H33NO3Si. The summed E-state index contributed by atoms with van der Waals surface area (Å²) in [5, 5.41) is -0.0298. The maximum atomic E-state index is 13.2. The zero-order chi connectivity index (χ0) is 19.3. The highest BCUT2D eigenvalue weighted by Crippen LogP contribution is 2.45. The maximum absolute atomic E-state index is 13.2. The first-order valence-electron chi connectivity index (χ1n) is 8.27. The molecular weight excluding hydrogens is 318 g/mol. The number of nitrogens with zero attached hydrogens (tertiary/aromatic N) is 1. The van der Waals surface area contributed by atoms with Crippen LogP contribution in [-0.2, 0) is 9.53 Å². The summed E-state index contributed by atoms with van der Waals surface area (Å²) in [6.45, 7) is 19.8. The number of rotatable bonds is 5. The van der Waals surface area contributed by atoms with E-state index in [9.17, 15) is 9.59 Å². The van der Waals surface area contributed by atoms with Crippen LogP contribution in [0.15, 0.2) is 12.7 Å². The van der Waals surface area contributed by atoms with Crippen molar-refractivity contribution in [3.8, 4) is 12.3 Å². The molecule has 0 fully saturated rings. The molecule has 0 aliphatic rings. The lowest BCUT2D eigenvalue weighted by molar-refractivity contribution is -0.129. The lowest BCUT2D eigenvalue weighted by atomic mass is 10.2. The molecule has 0 bridgehead atoms. The number of hydrogen-bond acceptors (Lipinski definition) is 3. The molecule has 5 heteroatoms. The molecule has 0 aliphatic carbocycles. The van der Waals surface area contributed by atoms with Gasteiger partial charge in [-0.2, -0.15) is 0 Å². The number of ether oxygens (including phenoxy) is 1. The van der Waals surface area contributed by atoms with Gasteiger partial charge in [-0.3, -0.25) is 4.79 Å². The minimum Gasteiger partial charge on any atom is -0.443 e. The van der Waals surface area contributed by atoms with E-state index in [0.717, 1.165) is 4.90 Å². The third-order valence-corrected chi connectivity index (χ3v) is 10.7. The highest BCUT2D eigenvalue weighted by molar-refractivity contribution is 6.84. The van der Waals surface area contributed by atoms with Crippen molar-refractivity contribution in [2.24, 2.45) is 0 Å². The number of hydrogen-bond donors (Lipinski definition) is 0. The predicted octanol–water partition coefficient (Wildman–Crippen LogP) is 4.84. The summed E-state index contributed by atoms with van der Waals surface area (Å²) < 4.78 is 5.38. The standard InChI is InChI=1S/C19H33NO3Si/c1-11-13-15(24(9,10)19(6,7)8)16(21)20(14-12-2)17(22)23-18(3,4)5/h1,12,15H,2,13-14H2,3-10H3. The van der Waals surface area contributed by atoms with Gasteiger partial charge in [-0.25, -0.2) is 9.69 Å². The molecule has 0 heterocycles. The fraction of sp³-hybridized carbons (Fsp3) is 0.684. The topological polar surface area (TPSA) is 46.6 Å². The molecule has 24 heavy (non-hydrogen) atoms. The van der Waals surface area contributed by atoms with Crippen LogP contribution in [0, 0.1) is 12.3 Å². The van der Waals surface area contributed by atoms with Crippen molar-refractivity contribution >= 4 is 20.1 Å². The van der Waals surface area contributed by atoms with Gasteiger partial charge >= 0.3 is 6.09 Å². The molecule has 0 N–H and O–H groups in total. The summed E-state index contributed by atoms with van der Waals surface area (Å²) >= 11 is 0. The van der Waals surface area contributed by atoms with Crippen LogP contribution < -0.4 is 0 Å². The number of amides is 2. The summed E-state index contributed by atoms with van der Waals surface area (Å²) in [5.41, 5.74) is -1.02. The van der Waals surface area contributed by atoms with Crippen molar-refractivity contribution in [3.05, 3.63) is 12.7 Å². The van der Waals surface area contributed by atoms with E-state index in [2.05, 4.69) is 46.4 Å². The van der Waals surface area contributed by atoms with Crippen LogP contribution in [0.1, 0.15) is 48.0 Å². The van der Waals surface area contributed by atoms with Gasteiger partial charge in [0, 0.05) is 18.5 Å². The molecule has 0 aromatic heterocycles. The largest absolute Gasteiger partial charge is 0.443 e. The Morgan fingerprint density at radius 2 is 1.75 bits per heavy atom. The van der Waals surface area contributed by atoms with Crippen LogP contribution in [-0.4, -0.2) is 37.1 Å². The number of imide groups is 1. The van der Waals surface area contributed by atoms with Crippen LogP contribution in [0.5, 0.6) is 0 Å². The second-order valence-electron chi connectivity index (χ2n) is 8.65. The van der Waals surface area contributed by atoms with E-state index < -0.39 is 19.8 Å². The van der Waals surface area contributed by atoms with Crippen molar-refractivity contribution in [2.75, 3.05) is 6.54 Å². The van der Waals surface area contributed by atoms with Gasteiger partial charge in [0.15, 0.2) is 0 Å². The lowest BCUT2D eigenvalue weighted by Crippen LogP contribution is -2.51. The monoisotopic (exact) mass is 351 g/mol. The van der Waals surface area contributed by atoms with Crippen molar-refractivity contribution in [1.29, 1.82) is 0 Å². The zero-order valence-corrected chi connectivity index (χ0v) is 17.5. The van der Waals surface area contributed by atoms with Crippen LogP contribution in [0.3, 0.4) is 0 Å². The molecule has 1 atom stereocenters. The highest BCUT2D eigenvalue weighted by atomic mass is 28.3. The smallest absolute Gasteiger partial charge is 0.417 e. The summed E-state index contributed by atoms with van der Waals surface area (Å²) in [6, 6.07) is 0. The van der Waals surface area contributed by atoms with Crippen LogP contribution >= 0.6 is 0 Å². The minimum absolute atomic E-state index is 0.0298. The fourth-order valence-electron chi connectivity index (χ4n) is 2.18. The van der Waals surface area contributed by atoms with Gasteiger partial charge in [0.1, 0.15) is 5.60 Å². The maximum Gasteiger partial charge on any atom is 0.417 e. The van der Waals surface area contributed by atoms with E-state index in [0.29, 0.717) is 6.42 Å². The first kappa shape index (κ1) is 22.5. The molecule has 0 aromatic rings. The average molecular weight is 352 g/mol. The molecule has 0 saturated carbocycles. The Labute approximate surface area is 148 Å². The first-order valence-corrected chi connectivity index (χ1v) is 11.4. The Morgan fingerprint density at radius 1 is 1.25 bits per heavy atom. The van der Waals surface area contributed by atoms with Gasteiger partial charge in [0.2, 0.25) is 5.91 Å². The van der Waals surface area contributed by atoms with Crippen molar-refractivity contribution < 1.29 is 14.3 Å². The molecule has 1 unspecified atom stereocenters. The molecule has 0 aromatic carbocycles.